The Kier molecular flexibility index (Phi) is 7.48. The molecule has 1 saturated heterocycles. The maximum absolute atomic E-state index is 12.5. The van der Waals surface area contributed by atoms with Crippen LogP contribution < -0.4 is 20.9 Å². The molecule has 0 unspecified atom stereocenters. The number of nitrogens with one attached hydrogen (secondary N) is 3. The Morgan fingerprint density at radius 3 is 2.32 bits per heavy atom. The van der Waals surface area contributed by atoms with Crippen molar-refractivity contribution in [1.82, 2.24) is 10.2 Å². The number of carbonyl (C=O) groups excluding carboxylic acids is 3. The van der Waals surface area contributed by atoms with Crippen molar-refractivity contribution < 1.29 is 14.4 Å². The summed E-state index contributed by atoms with van der Waals surface area (Å²) in [4.78, 5) is 40.4. The van der Waals surface area contributed by atoms with Gasteiger partial charge in [-0.1, -0.05) is 31.2 Å². The maximum atomic E-state index is 12.5. The van der Waals surface area contributed by atoms with E-state index in [1.165, 1.54) is 0 Å². The van der Waals surface area contributed by atoms with E-state index < -0.39 is 6.03 Å². The molecule has 0 spiro atoms. The lowest BCUT2D eigenvalue weighted by Crippen LogP contribution is -2.51. The van der Waals surface area contributed by atoms with Crippen molar-refractivity contribution in [3.8, 4) is 0 Å². The topological polar surface area (TPSA) is 93.8 Å². The normalized spacial score (nSPS) is 13.5. The van der Waals surface area contributed by atoms with Crippen LogP contribution in [0.3, 0.4) is 0 Å². The predicted octanol–water partition coefficient (Wildman–Crippen LogP) is 2.81. The van der Waals surface area contributed by atoms with Gasteiger partial charge >= 0.3 is 6.03 Å². The second-order valence-corrected chi connectivity index (χ2v) is 7.44. The van der Waals surface area contributed by atoms with Crippen molar-refractivity contribution in [3.63, 3.8) is 0 Å². The Morgan fingerprint density at radius 1 is 0.935 bits per heavy atom. The summed E-state index contributed by atoms with van der Waals surface area (Å²) in [6.07, 6.45) is 0.374. The average Bonchev–Trinajstić information content (AvgIpc) is 2.80. The highest BCUT2D eigenvalue weighted by molar-refractivity contribution is 5.95. The largest absolute Gasteiger partial charge is 0.368 e. The molecular formula is C23H29N5O3. The number of hydrogen-bond acceptors (Lipinski definition) is 4. The van der Waals surface area contributed by atoms with Gasteiger partial charge in [0.1, 0.15) is 0 Å². The molecule has 8 nitrogen and oxygen atoms in total. The smallest absolute Gasteiger partial charge is 0.319 e. The first-order chi connectivity index (χ1) is 15.0. The van der Waals surface area contributed by atoms with Gasteiger partial charge in [-0.15, -0.1) is 0 Å². The summed E-state index contributed by atoms with van der Waals surface area (Å²) in [7, 11) is 0. The van der Waals surface area contributed by atoms with Crippen molar-refractivity contribution in [1.29, 1.82) is 0 Å². The summed E-state index contributed by atoms with van der Waals surface area (Å²) < 4.78 is 0. The third-order valence-corrected chi connectivity index (χ3v) is 5.24. The molecule has 3 rings (SSSR count). The molecule has 4 amide bonds. The highest BCUT2D eigenvalue weighted by Crippen LogP contribution is 2.20. The number of rotatable bonds is 6. The average molecular weight is 424 g/mol. The summed E-state index contributed by atoms with van der Waals surface area (Å²) in [5.74, 6) is -0.208. The van der Waals surface area contributed by atoms with Gasteiger partial charge in [0.05, 0.1) is 6.54 Å². The molecule has 8 heteroatoms. The molecule has 31 heavy (non-hydrogen) atoms. The maximum Gasteiger partial charge on any atom is 0.319 e. The van der Waals surface area contributed by atoms with Crippen LogP contribution in [0.5, 0.6) is 0 Å². The van der Waals surface area contributed by atoms with Gasteiger partial charge in [0.25, 0.3) is 0 Å². The van der Waals surface area contributed by atoms with E-state index in [1.54, 1.807) is 24.0 Å². The number of amides is 4. The Hall–Kier alpha value is -3.55. The van der Waals surface area contributed by atoms with Gasteiger partial charge in [-0.05, 0) is 36.8 Å². The molecule has 2 aromatic carbocycles. The van der Waals surface area contributed by atoms with Crippen molar-refractivity contribution in [2.75, 3.05) is 48.3 Å². The number of aryl methyl sites for hydroxylation is 1. The van der Waals surface area contributed by atoms with Gasteiger partial charge in [-0.3, -0.25) is 9.59 Å². The highest BCUT2D eigenvalue weighted by Gasteiger charge is 2.21. The number of urea groups is 1. The highest BCUT2D eigenvalue weighted by atomic mass is 16.2. The van der Waals surface area contributed by atoms with E-state index in [2.05, 4.69) is 33.0 Å². The first kappa shape index (κ1) is 22.1. The van der Waals surface area contributed by atoms with E-state index in [0.29, 0.717) is 30.9 Å². The summed E-state index contributed by atoms with van der Waals surface area (Å²) in [6, 6.07) is 15.0. The second kappa shape index (κ2) is 10.5. The van der Waals surface area contributed by atoms with E-state index in [9.17, 15) is 14.4 Å². The van der Waals surface area contributed by atoms with Gasteiger partial charge in [-0.2, -0.15) is 0 Å². The van der Waals surface area contributed by atoms with Gasteiger partial charge in [-0.25, -0.2) is 4.79 Å². The lowest BCUT2D eigenvalue weighted by atomic mass is 10.2. The van der Waals surface area contributed by atoms with Crippen LogP contribution in [0.4, 0.5) is 21.9 Å². The molecule has 0 saturated carbocycles. The fourth-order valence-corrected chi connectivity index (χ4v) is 3.37. The first-order valence-electron chi connectivity index (χ1n) is 10.5. The summed E-state index contributed by atoms with van der Waals surface area (Å²) >= 11 is 0. The molecule has 2 aromatic rings. The number of para-hydroxylation sites is 1. The number of anilines is 3. The molecule has 1 fully saturated rings. The minimum absolute atomic E-state index is 0.0670. The number of hydrogen-bond donors (Lipinski definition) is 3. The van der Waals surface area contributed by atoms with E-state index in [1.807, 2.05) is 31.2 Å². The van der Waals surface area contributed by atoms with Crippen LogP contribution in [-0.2, 0) is 9.59 Å². The van der Waals surface area contributed by atoms with Gasteiger partial charge in [0, 0.05) is 49.7 Å². The summed E-state index contributed by atoms with van der Waals surface area (Å²) in [6.45, 7) is 6.33. The fourth-order valence-electron chi connectivity index (χ4n) is 3.37. The zero-order valence-corrected chi connectivity index (χ0v) is 18.0. The van der Waals surface area contributed by atoms with Crippen molar-refractivity contribution in [2.24, 2.45) is 0 Å². The zero-order chi connectivity index (χ0) is 22.2. The number of benzene rings is 2. The van der Waals surface area contributed by atoms with Gasteiger partial charge in [0.15, 0.2) is 0 Å². The van der Waals surface area contributed by atoms with Crippen LogP contribution in [0.15, 0.2) is 48.5 Å². The van der Waals surface area contributed by atoms with Gasteiger partial charge in [0.2, 0.25) is 11.8 Å². The first-order valence-corrected chi connectivity index (χ1v) is 10.5. The second-order valence-electron chi connectivity index (χ2n) is 7.44. The quantitative estimate of drug-likeness (QED) is 0.666. The molecule has 164 valence electrons. The molecule has 0 aliphatic carbocycles. The number of nitrogens with zero attached hydrogens (tertiary/aromatic N) is 2. The standard InChI is InChI=1S/C23H29N5O3/c1-3-21(29)25-18-10-9-17(2)20(15-18)26-23(31)24-16-22(30)28-13-11-27(12-14-28)19-7-5-4-6-8-19/h4-10,15H,3,11-14,16H2,1-2H3,(H,25,29)(H2,24,26,31). The van der Waals surface area contributed by atoms with E-state index in [0.717, 1.165) is 24.3 Å². The van der Waals surface area contributed by atoms with Crippen LogP contribution in [0.1, 0.15) is 18.9 Å². The summed E-state index contributed by atoms with van der Waals surface area (Å²) in [5.41, 5.74) is 3.20. The predicted molar refractivity (Wildman–Crippen MR) is 122 cm³/mol. The van der Waals surface area contributed by atoms with Crippen molar-refractivity contribution >= 4 is 34.9 Å². The fraction of sp³-hybridized carbons (Fsp3) is 0.348. The third-order valence-electron chi connectivity index (χ3n) is 5.24. The molecule has 3 N–H and O–H groups in total. The number of piperazine rings is 1. The van der Waals surface area contributed by atoms with Crippen LogP contribution in [0.2, 0.25) is 0 Å². The molecule has 1 aliphatic rings. The van der Waals surface area contributed by atoms with E-state index in [-0.39, 0.29) is 18.4 Å². The lowest BCUT2D eigenvalue weighted by molar-refractivity contribution is -0.130. The Morgan fingerprint density at radius 2 is 1.65 bits per heavy atom. The SMILES string of the molecule is CCC(=O)Nc1ccc(C)c(NC(=O)NCC(=O)N2CCN(c3ccccc3)CC2)c1. The molecular weight excluding hydrogens is 394 g/mol. The van der Waals surface area contributed by atoms with Crippen molar-refractivity contribution in [3.05, 3.63) is 54.1 Å². The minimum atomic E-state index is -0.460. The number of carbonyl (C=O) groups is 3. The van der Waals surface area contributed by atoms with Crippen LogP contribution >= 0.6 is 0 Å². The molecule has 0 aromatic heterocycles. The van der Waals surface area contributed by atoms with Crippen LogP contribution in [-0.4, -0.2) is 55.5 Å². The molecule has 1 aliphatic heterocycles. The van der Waals surface area contributed by atoms with E-state index >= 15 is 0 Å². The molecule has 1 heterocycles. The monoisotopic (exact) mass is 423 g/mol. The molecule has 0 atom stereocenters. The third kappa shape index (κ3) is 6.21. The Balaban J connectivity index is 1.46. The lowest BCUT2D eigenvalue weighted by Gasteiger charge is -2.36. The molecule has 0 bridgehead atoms. The Labute approximate surface area is 182 Å². The molecule has 0 radical (unpaired) electrons. The Bertz CT molecular complexity index is 924. The minimum Gasteiger partial charge on any atom is -0.368 e. The van der Waals surface area contributed by atoms with Crippen LogP contribution in [0, 0.1) is 6.92 Å². The van der Waals surface area contributed by atoms with Crippen LogP contribution in [0.25, 0.3) is 0 Å². The summed E-state index contributed by atoms with van der Waals surface area (Å²) in [5, 5.41) is 8.14. The zero-order valence-electron chi connectivity index (χ0n) is 18.0. The van der Waals surface area contributed by atoms with Crippen molar-refractivity contribution in [2.45, 2.75) is 20.3 Å². The van der Waals surface area contributed by atoms with E-state index in [4.69, 9.17) is 0 Å². The van der Waals surface area contributed by atoms with Gasteiger partial charge < -0.3 is 25.8 Å².